The Morgan fingerprint density at radius 2 is 2.27 bits per heavy atom. The van der Waals surface area contributed by atoms with Gasteiger partial charge in [-0.05, 0) is 18.9 Å². The van der Waals surface area contributed by atoms with Gasteiger partial charge in [0, 0.05) is 13.1 Å². The lowest BCUT2D eigenvalue weighted by Gasteiger charge is -2.04. The lowest BCUT2D eigenvalue weighted by Crippen LogP contribution is -2.19. The third kappa shape index (κ3) is 4.83. The second kappa shape index (κ2) is 6.45. The fourth-order valence-electron chi connectivity index (χ4n) is 1.19. The predicted molar refractivity (Wildman–Crippen MR) is 61.8 cm³/mol. The number of nitrogens with zero attached hydrogens (tertiary/aromatic N) is 1. The van der Waals surface area contributed by atoms with Crippen LogP contribution < -0.4 is 10.6 Å². The summed E-state index contributed by atoms with van der Waals surface area (Å²) < 4.78 is 5.26. The zero-order valence-electron chi connectivity index (χ0n) is 9.84. The van der Waals surface area contributed by atoms with E-state index in [0.717, 1.165) is 31.7 Å². The lowest BCUT2D eigenvalue weighted by molar-refractivity contribution is 0.542. The van der Waals surface area contributed by atoms with Crippen LogP contribution in [0.3, 0.4) is 0 Å². The molecule has 1 aromatic rings. The van der Waals surface area contributed by atoms with Gasteiger partial charge in [0.05, 0.1) is 5.69 Å². The Balaban J connectivity index is 2.26. The zero-order chi connectivity index (χ0) is 11.1. The van der Waals surface area contributed by atoms with Crippen molar-refractivity contribution in [2.45, 2.75) is 33.7 Å². The van der Waals surface area contributed by atoms with E-state index in [0.29, 0.717) is 11.9 Å². The summed E-state index contributed by atoms with van der Waals surface area (Å²) in [6.07, 6.45) is 2.77. The minimum atomic E-state index is 0.623. The first kappa shape index (κ1) is 12.0. The monoisotopic (exact) mass is 211 g/mol. The molecule has 0 radical (unpaired) electrons. The topological polar surface area (TPSA) is 50.1 Å². The van der Waals surface area contributed by atoms with Gasteiger partial charge < -0.3 is 15.1 Å². The first-order chi connectivity index (χ1) is 7.22. The molecular formula is C11H21N3O. The molecule has 4 nitrogen and oxygen atoms in total. The summed E-state index contributed by atoms with van der Waals surface area (Å²) in [5.41, 5.74) is 0.953. The zero-order valence-corrected chi connectivity index (χ0v) is 9.84. The highest BCUT2D eigenvalue weighted by atomic mass is 16.4. The SMILES string of the molecule is CCCNc1nc(CNCC(C)C)co1. The second-order valence-corrected chi connectivity index (χ2v) is 4.10. The Bertz CT molecular complexity index is 271. The highest BCUT2D eigenvalue weighted by molar-refractivity contribution is 5.20. The van der Waals surface area contributed by atoms with Crippen molar-refractivity contribution in [3.8, 4) is 0 Å². The molecule has 0 saturated heterocycles. The molecule has 4 heteroatoms. The summed E-state index contributed by atoms with van der Waals surface area (Å²) in [4.78, 5) is 4.30. The van der Waals surface area contributed by atoms with E-state index in [1.807, 2.05) is 0 Å². The number of nitrogens with one attached hydrogen (secondary N) is 2. The molecule has 0 spiro atoms. The van der Waals surface area contributed by atoms with Crippen LogP contribution in [0.15, 0.2) is 10.7 Å². The maximum atomic E-state index is 5.26. The molecule has 0 saturated carbocycles. The van der Waals surface area contributed by atoms with Crippen LogP contribution in [0, 0.1) is 5.92 Å². The van der Waals surface area contributed by atoms with Crippen LogP contribution >= 0.6 is 0 Å². The van der Waals surface area contributed by atoms with E-state index in [4.69, 9.17) is 4.42 Å². The number of oxazole rings is 1. The van der Waals surface area contributed by atoms with Crippen LogP contribution in [0.25, 0.3) is 0 Å². The van der Waals surface area contributed by atoms with Crippen molar-refractivity contribution >= 4 is 6.01 Å². The van der Waals surface area contributed by atoms with E-state index >= 15 is 0 Å². The molecular weight excluding hydrogens is 190 g/mol. The summed E-state index contributed by atoms with van der Waals surface area (Å²) in [5, 5.41) is 6.43. The first-order valence-corrected chi connectivity index (χ1v) is 5.61. The molecule has 86 valence electrons. The third-order valence-electron chi connectivity index (χ3n) is 1.94. The van der Waals surface area contributed by atoms with Crippen molar-refractivity contribution in [3.05, 3.63) is 12.0 Å². The van der Waals surface area contributed by atoms with Gasteiger partial charge in [-0.3, -0.25) is 0 Å². The van der Waals surface area contributed by atoms with Crippen LogP contribution in [-0.4, -0.2) is 18.1 Å². The minimum absolute atomic E-state index is 0.623. The van der Waals surface area contributed by atoms with Crippen LogP contribution in [0.5, 0.6) is 0 Å². The van der Waals surface area contributed by atoms with Crippen molar-refractivity contribution in [1.82, 2.24) is 10.3 Å². The van der Waals surface area contributed by atoms with Crippen LogP contribution in [0.4, 0.5) is 6.01 Å². The molecule has 1 rings (SSSR count). The fraction of sp³-hybridized carbons (Fsp3) is 0.727. The van der Waals surface area contributed by atoms with Crippen LogP contribution in [-0.2, 0) is 6.54 Å². The highest BCUT2D eigenvalue weighted by Gasteiger charge is 2.02. The van der Waals surface area contributed by atoms with E-state index < -0.39 is 0 Å². The normalized spacial score (nSPS) is 10.9. The van der Waals surface area contributed by atoms with E-state index in [1.165, 1.54) is 0 Å². The van der Waals surface area contributed by atoms with Gasteiger partial charge in [0.25, 0.3) is 6.01 Å². The van der Waals surface area contributed by atoms with E-state index in [-0.39, 0.29) is 0 Å². The molecule has 1 aromatic heterocycles. The molecule has 15 heavy (non-hydrogen) atoms. The van der Waals surface area contributed by atoms with Crippen molar-refractivity contribution in [2.75, 3.05) is 18.4 Å². The predicted octanol–water partition coefficient (Wildman–Crippen LogP) is 2.24. The Hall–Kier alpha value is -1.03. The van der Waals surface area contributed by atoms with Crippen molar-refractivity contribution in [2.24, 2.45) is 5.92 Å². The summed E-state index contributed by atoms with van der Waals surface area (Å²) >= 11 is 0. The minimum Gasteiger partial charge on any atom is -0.432 e. The van der Waals surface area contributed by atoms with E-state index in [9.17, 15) is 0 Å². The van der Waals surface area contributed by atoms with E-state index in [2.05, 4.69) is 36.4 Å². The Kier molecular flexibility index (Phi) is 5.18. The molecule has 0 aliphatic rings. The fourth-order valence-corrected chi connectivity index (χ4v) is 1.19. The average Bonchev–Trinajstić information content (AvgIpc) is 2.62. The summed E-state index contributed by atoms with van der Waals surface area (Å²) in [6, 6.07) is 0.623. The molecule has 0 amide bonds. The maximum Gasteiger partial charge on any atom is 0.294 e. The number of rotatable bonds is 7. The Morgan fingerprint density at radius 3 is 2.93 bits per heavy atom. The summed E-state index contributed by atoms with van der Waals surface area (Å²) in [5.74, 6) is 0.662. The van der Waals surface area contributed by atoms with Gasteiger partial charge >= 0.3 is 0 Å². The van der Waals surface area contributed by atoms with Gasteiger partial charge in [-0.1, -0.05) is 20.8 Å². The van der Waals surface area contributed by atoms with Gasteiger partial charge in [-0.25, -0.2) is 0 Å². The number of hydrogen-bond donors (Lipinski definition) is 2. The Labute approximate surface area is 91.5 Å². The lowest BCUT2D eigenvalue weighted by atomic mass is 10.2. The van der Waals surface area contributed by atoms with Gasteiger partial charge in [-0.2, -0.15) is 4.98 Å². The maximum absolute atomic E-state index is 5.26. The van der Waals surface area contributed by atoms with Gasteiger partial charge in [0.15, 0.2) is 0 Å². The van der Waals surface area contributed by atoms with Crippen molar-refractivity contribution in [3.63, 3.8) is 0 Å². The van der Waals surface area contributed by atoms with E-state index in [1.54, 1.807) is 6.26 Å². The standard InChI is InChI=1S/C11H21N3O/c1-4-5-13-11-14-10(8-15-11)7-12-6-9(2)3/h8-9,12H,4-7H2,1-3H3,(H,13,14). The van der Waals surface area contributed by atoms with Crippen LogP contribution in [0.2, 0.25) is 0 Å². The third-order valence-corrected chi connectivity index (χ3v) is 1.94. The van der Waals surface area contributed by atoms with Crippen molar-refractivity contribution in [1.29, 1.82) is 0 Å². The first-order valence-electron chi connectivity index (χ1n) is 5.61. The van der Waals surface area contributed by atoms with Gasteiger partial charge in [-0.15, -0.1) is 0 Å². The van der Waals surface area contributed by atoms with Crippen LogP contribution in [0.1, 0.15) is 32.9 Å². The Morgan fingerprint density at radius 1 is 1.47 bits per heavy atom. The molecule has 0 aliphatic carbocycles. The number of anilines is 1. The molecule has 2 N–H and O–H groups in total. The van der Waals surface area contributed by atoms with Crippen molar-refractivity contribution < 1.29 is 4.42 Å². The molecule has 0 aliphatic heterocycles. The molecule has 0 fully saturated rings. The number of hydrogen-bond acceptors (Lipinski definition) is 4. The molecule has 0 atom stereocenters. The largest absolute Gasteiger partial charge is 0.432 e. The average molecular weight is 211 g/mol. The molecule has 0 unspecified atom stereocenters. The molecule has 1 heterocycles. The smallest absolute Gasteiger partial charge is 0.294 e. The van der Waals surface area contributed by atoms with Gasteiger partial charge in [0.1, 0.15) is 6.26 Å². The molecule has 0 aromatic carbocycles. The second-order valence-electron chi connectivity index (χ2n) is 4.10. The summed E-state index contributed by atoms with van der Waals surface area (Å²) in [7, 11) is 0. The summed E-state index contributed by atoms with van der Waals surface area (Å²) in [6.45, 7) is 9.16. The number of aromatic nitrogens is 1. The van der Waals surface area contributed by atoms with Gasteiger partial charge in [0.2, 0.25) is 0 Å². The quantitative estimate of drug-likeness (QED) is 0.726. The highest BCUT2D eigenvalue weighted by Crippen LogP contribution is 2.06. The molecule has 0 bridgehead atoms.